The number of carbonyl (C=O) groups is 2. The molecule has 0 aliphatic carbocycles. The Bertz CT molecular complexity index is 489. The Hall–Kier alpha value is -1.30. The third-order valence-electron chi connectivity index (χ3n) is 2.51. The van der Waals surface area contributed by atoms with Gasteiger partial charge >= 0.3 is 5.97 Å². The number of aromatic amines is 1. The van der Waals surface area contributed by atoms with Gasteiger partial charge in [-0.2, -0.15) is 0 Å². The molecule has 0 saturated heterocycles. The van der Waals surface area contributed by atoms with E-state index in [0.29, 0.717) is 5.69 Å². The van der Waals surface area contributed by atoms with Gasteiger partial charge in [-0.25, -0.2) is 4.79 Å². The average molecular weight is 345 g/mol. The number of aromatic nitrogens is 1. The highest BCUT2D eigenvalue weighted by Gasteiger charge is 2.29. The summed E-state index contributed by atoms with van der Waals surface area (Å²) >= 11 is 3.26. The summed E-state index contributed by atoms with van der Waals surface area (Å²) in [7, 11) is 0. The lowest BCUT2D eigenvalue weighted by Gasteiger charge is -2.26. The van der Waals surface area contributed by atoms with E-state index in [0.717, 1.165) is 4.47 Å². The molecule has 1 aromatic heterocycles. The molecule has 112 valence electrons. The second-order valence-electron chi connectivity index (χ2n) is 5.96. The van der Waals surface area contributed by atoms with Crippen molar-refractivity contribution in [2.24, 2.45) is 5.92 Å². The van der Waals surface area contributed by atoms with Crippen molar-refractivity contribution >= 4 is 27.8 Å². The molecule has 0 fully saturated rings. The van der Waals surface area contributed by atoms with Crippen LogP contribution in [0.4, 0.5) is 0 Å². The molecule has 1 atom stereocenters. The summed E-state index contributed by atoms with van der Waals surface area (Å²) in [6.45, 7) is 9.11. The molecule has 0 aliphatic rings. The second-order valence-corrected chi connectivity index (χ2v) is 6.88. The van der Waals surface area contributed by atoms with E-state index in [4.69, 9.17) is 4.74 Å². The minimum Gasteiger partial charge on any atom is -0.458 e. The first kappa shape index (κ1) is 16.8. The Morgan fingerprint density at radius 2 is 1.95 bits per heavy atom. The predicted octanol–water partition coefficient (Wildman–Crippen LogP) is 2.87. The fraction of sp³-hybridized carbons (Fsp3) is 0.571. The topological polar surface area (TPSA) is 71.2 Å². The molecule has 0 unspecified atom stereocenters. The number of nitrogens with one attached hydrogen (secondary N) is 2. The SMILES string of the molecule is CC(C)[C@@H](NC(=O)c1cc(Br)c[nH]1)C(=O)OC(C)(C)C. The molecule has 5 nitrogen and oxygen atoms in total. The molecule has 0 bridgehead atoms. The molecule has 0 aromatic carbocycles. The number of ether oxygens (including phenoxy) is 1. The summed E-state index contributed by atoms with van der Waals surface area (Å²) < 4.78 is 6.11. The normalized spacial score (nSPS) is 13.2. The smallest absolute Gasteiger partial charge is 0.329 e. The molecule has 0 radical (unpaired) electrons. The highest BCUT2D eigenvalue weighted by molar-refractivity contribution is 9.10. The summed E-state index contributed by atoms with van der Waals surface area (Å²) in [5.74, 6) is -0.820. The Morgan fingerprint density at radius 3 is 2.35 bits per heavy atom. The van der Waals surface area contributed by atoms with Gasteiger partial charge in [0.15, 0.2) is 0 Å². The van der Waals surface area contributed by atoms with Crippen molar-refractivity contribution in [1.82, 2.24) is 10.3 Å². The molecule has 0 spiro atoms. The van der Waals surface area contributed by atoms with Crippen LogP contribution in [0.1, 0.15) is 45.1 Å². The number of halogens is 1. The van der Waals surface area contributed by atoms with Gasteiger partial charge in [0.1, 0.15) is 17.3 Å². The van der Waals surface area contributed by atoms with E-state index < -0.39 is 17.6 Å². The largest absolute Gasteiger partial charge is 0.458 e. The van der Waals surface area contributed by atoms with Crippen molar-refractivity contribution in [2.75, 3.05) is 0 Å². The van der Waals surface area contributed by atoms with Crippen LogP contribution in [-0.4, -0.2) is 28.5 Å². The molecule has 2 N–H and O–H groups in total. The fourth-order valence-electron chi connectivity index (χ4n) is 1.58. The lowest BCUT2D eigenvalue weighted by molar-refractivity contribution is -0.158. The Morgan fingerprint density at radius 1 is 1.35 bits per heavy atom. The van der Waals surface area contributed by atoms with E-state index in [9.17, 15) is 9.59 Å². The summed E-state index contributed by atoms with van der Waals surface area (Å²) in [5.41, 5.74) is -0.184. The highest BCUT2D eigenvalue weighted by Crippen LogP contribution is 2.14. The van der Waals surface area contributed by atoms with Crippen molar-refractivity contribution in [3.05, 3.63) is 22.4 Å². The van der Waals surface area contributed by atoms with Gasteiger partial charge < -0.3 is 15.0 Å². The Kier molecular flexibility index (Phi) is 5.39. The van der Waals surface area contributed by atoms with Gasteiger partial charge in [-0.1, -0.05) is 13.8 Å². The van der Waals surface area contributed by atoms with Crippen molar-refractivity contribution in [3.8, 4) is 0 Å². The Labute approximate surface area is 127 Å². The van der Waals surface area contributed by atoms with E-state index in [2.05, 4.69) is 26.2 Å². The number of carbonyl (C=O) groups excluding carboxylic acids is 2. The average Bonchev–Trinajstić information content (AvgIpc) is 2.69. The lowest BCUT2D eigenvalue weighted by atomic mass is 10.0. The zero-order valence-corrected chi connectivity index (χ0v) is 14.0. The van der Waals surface area contributed by atoms with Crippen molar-refractivity contribution in [1.29, 1.82) is 0 Å². The number of H-pyrrole nitrogens is 1. The summed E-state index contributed by atoms with van der Waals surface area (Å²) in [5, 5.41) is 2.70. The number of rotatable bonds is 4. The first-order valence-electron chi connectivity index (χ1n) is 6.48. The second kappa shape index (κ2) is 6.43. The van der Waals surface area contributed by atoms with E-state index >= 15 is 0 Å². The van der Waals surface area contributed by atoms with Crippen molar-refractivity contribution < 1.29 is 14.3 Å². The molecular weight excluding hydrogens is 324 g/mol. The van der Waals surface area contributed by atoms with Gasteiger partial charge in [0.2, 0.25) is 0 Å². The van der Waals surface area contributed by atoms with Crippen LogP contribution in [0, 0.1) is 5.92 Å². The zero-order chi connectivity index (χ0) is 15.5. The maximum absolute atomic E-state index is 12.1. The number of hydrogen-bond acceptors (Lipinski definition) is 3. The third kappa shape index (κ3) is 5.00. The molecule has 20 heavy (non-hydrogen) atoms. The van der Waals surface area contributed by atoms with Gasteiger partial charge in [0.05, 0.1) is 0 Å². The number of hydrogen-bond donors (Lipinski definition) is 2. The Balaban J connectivity index is 2.77. The van der Waals surface area contributed by atoms with Crippen LogP contribution < -0.4 is 5.32 Å². The summed E-state index contributed by atoms with van der Waals surface area (Å²) in [6.07, 6.45) is 1.66. The van der Waals surface area contributed by atoms with Crippen LogP contribution in [-0.2, 0) is 9.53 Å². The minimum atomic E-state index is -0.677. The maximum Gasteiger partial charge on any atom is 0.329 e. The van der Waals surface area contributed by atoms with Gasteiger partial charge in [-0.15, -0.1) is 0 Å². The maximum atomic E-state index is 12.1. The number of amides is 1. The fourth-order valence-corrected chi connectivity index (χ4v) is 1.92. The van der Waals surface area contributed by atoms with Gasteiger partial charge in [-0.05, 0) is 48.7 Å². The van der Waals surface area contributed by atoms with E-state index in [-0.39, 0.29) is 11.8 Å². The molecule has 1 heterocycles. The standard InChI is InChI=1S/C14H21BrN2O3/c1-8(2)11(13(19)20-14(3,4)5)17-12(18)10-6-9(15)7-16-10/h6-8,11,16H,1-5H3,(H,17,18)/t11-/m1/s1. The monoisotopic (exact) mass is 344 g/mol. The highest BCUT2D eigenvalue weighted by atomic mass is 79.9. The van der Waals surface area contributed by atoms with Crippen LogP contribution in [0.3, 0.4) is 0 Å². The molecule has 1 aromatic rings. The van der Waals surface area contributed by atoms with Crippen LogP contribution in [0.15, 0.2) is 16.7 Å². The minimum absolute atomic E-state index is 0.0628. The van der Waals surface area contributed by atoms with Crippen LogP contribution in [0.5, 0.6) is 0 Å². The molecule has 1 amide bonds. The first-order valence-corrected chi connectivity index (χ1v) is 7.27. The van der Waals surface area contributed by atoms with E-state index in [1.54, 1.807) is 33.0 Å². The van der Waals surface area contributed by atoms with Gasteiger partial charge in [0, 0.05) is 10.7 Å². The number of esters is 1. The van der Waals surface area contributed by atoms with Gasteiger partial charge in [0.25, 0.3) is 5.91 Å². The van der Waals surface area contributed by atoms with E-state index in [1.165, 1.54) is 0 Å². The molecule has 0 saturated carbocycles. The lowest BCUT2D eigenvalue weighted by Crippen LogP contribution is -2.47. The molecular formula is C14H21BrN2O3. The van der Waals surface area contributed by atoms with Crippen LogP contribution in [0.2, 0.25) is 0 Å². The summed E-state index contributed by atoms with van der Waals surface area (Å²) in [4.78, 5) is 27.0. The van der Waals surface area contributed by atoms with E-state index in [1.807, 2.05) is 13.8 Å². The summed E-state index contributed by atoms with van der Waals surface area (Å²) in [6, 6.07) is 0.978. The first-order chi connectivity index (χ1) is 9.10. The quantitative estimate of drug-likeness (QED) is 0.825. The van der Waals surface area contributed by atoms with Crippen molar-refractivity contribution in [3.63, 3.8) is 0 Å². The van der Waals surface area contributed by atoms with Crippen LogP contribution >= 0.6 is 15.9 Å². The van der Waals surface area contributed by atoms with Crippen LogP contribution in [0.25, 0.3) is 0 Å². The van der Waals surface area contributed by atoms with Crippen molar-refractivity contribution in [2.45, 2.75) is 46.3 Å². The molecule has 1 rings (SSSR count). The zero-order valence-electron chi connectivity index (χ0n) is 12.4. The van der Waals surface area contributed by atoms with Gasteiger partial charge in [-0.3, -0.25) is 4.79 Å². The molecule has 0 aliphatic heterocycles. The third-order valence-corrected chi connectivity index (χ3v) is 2.96. The predicted molar refractivity (Wildman–Crippen MR) is 80.4 cm³/mol. The molecule has 6 heteroatoms.